The lowest BCUT2D eigenvalue weighted by atomic mass is 10.1. The van der Waals surface area contributed by atoms with Crippen LogP contribution in [0.15, 0.2) is 53.4 Å². The van der Waals surface area contributed by atoms with Gasteiger partial charge in [0.2, 0.25) is 9.84 Å². The summed E-state index contributed by atoms with van der Waals surface area (Å²) in [5, 5.41) is 3.24. The Labute approximate surface area is 134 Å². The monoisotopic (exact) mass is 341 g/mol. The lowest BCUT2D eigenvalue weighted by Crippen LogP contribution is -2.13. The van der Waals surface area contributed by atoms with E-state index in [1.54, 1.807) is 0 Å². The molecule has 0 amide bonds. The van der Waals surface area contributed by atoms with E-state index in [1.807, 2.05) is 37.3 Å². The van der Waals surface area contributed by atoms with Gasteiger partial charge in [0.05, 0.1) is 7.11 Å². The van der Waals surface area contributed by atoms with E-state index in [1.165, 1.54) is 19.2 Å². The Balaban J connectivity index is 2.32. The van der Waals surface area contributed by atoms with Gasteiger partial charge < -0.3 is 10.1 Å². The minimum Gasteiger partial charge on any atom is -0.495 e. The first-order valence-corrected chi connectivity index (χ1v) is 8.42. The van der Waals surface area contributed by atoms with Crippen molar-refractivity contribution in [3.8, 4) is 5.75 Å². The quantitative estimate of drug-likeness (QED) is 0.867. The van der Waals surface area contributed by atoms with Crippen LogP contribution in [0.2, 0.25) is 0 Å². The number of ether oxygens (including phenoxy) is 1. The summed E-state index contributed by atoms with van der Waals surface area (Å²) >= 11 is 0. The van der Waals surface area contributed by atoms with Crippen molar-refractivity contribution >= 4 is 15.5 Å². The van der Waals surface area contributed by atoms with E-state index in [-0.39, 0.29) is 11.8 Å². The second kappa shape index (κ2) is 6.95. The van der Waals surface area contributed by atoms with Crippen LogP contribution >= 0.6 is 0 Å². The fourth-order valence-electron chi connectivity index (χ4n) is 2.15. The van der Waals surface area contributed by atoms with Crippen LogP contribution in [-0.2, 0) is 9.84 Å². The summed E-state index contributed by atoms with van der Waals surface area (Å²) in [4.78, 5) is -0.509. The first-order valence-electron chi connectivity index (χ1n) is 6.88. The van der Waals surface area contributed by atoms with Crippen LogP contribution in [0.4, 0.5) is 14.5 Å². The molecule has 0 aliphatic heterocycles. The van der Waals surface area contributed by atoms with Gasteiger partial charge in [-0.15, -0.1) is 0 Å². The Kier molecular flexibility index (Phi) is 5.20. The molecule has 124 valence electrons. The molecular formula is C16H17F2NO3S. The highest BCUT2D eigenvalue weighted by molar-refractivity contribution is 7.91. The average Bonchev–Trinajstić information content (AvgIpc) is 2.54. The summed E-state index contributed by atoms with van der Waals surface area (Å²) in [5.74, 6) is -3.58. The van der Waals surface area contributed by atoms with E-state index in [0.29, 0.717) is 0 Å². The van der Waals surface area contributed by atoms with Crippen LogP contribution in [0.3, 0.4) is 0 Å². The molecule has 0 saturated heterocycles. The summed E-state index contributed by atoms with van der Waals surface area (Å²) in [7, 11) is -3.45. The first-order chi connectivity index (χ1) is 10.9. The number of rotatable bonds is 6. The fraction of sp³-hybridized carbons (Fsp3) is 0.250. The molecule has 7 heteroatoms. The maximum atomic E-state index is 12.7. The number of hydrogen-bond donors (Lipinski definition) is 1. The number of hydrogen-bond acceptors (Lipinski definition) is 4. The molecule has 0 aliphatic rings. The summed E-state index contributed by atoms with van der Waals surface area (Å²) in [6, 6.07) is 13.4. The largest absolute Gasteiger partial charge is 0.495 e. The standard InChI is InChI=1S/C16H17F2NO3S/c1-11(19-13-6-4-3-5-7-13)12-8-9-15(14(10-12)22-2)23(20,21)16(17)18/h3-11,16,19H,1-2H3/t11-/m0/s1. The van der Waals surface area contributed by atoms with Crippen LogP contribution in [0.25, 0.3) is 0 Å². The maximum Gasteiger partial charge on any atom is 0.341 e. The smallest absolute Gasteiger partial charge is 0.341 e. The number of sulfone groups is 1. The molecule has 2 rings (SSSR count). The van der Waals surface area contributed by atoms with Crippen molar-refractivity contribution in [2.24, 2.45) is 0 Å². The number of halogens is 2. The lowest BCUT2D eigenvalue weighted by Gasteiger charge is -2.18. The third-order valence-electron chi connectivity index (χ3n) is 3.39. The van der Waals surface area contributed by atoms with Crippen molar-refractivity contribution in [1.82, 2.24) is 0 Å². The first kappa shape index (κ1) is 17.2. The molecule has 0 spiro atoms. The number of alkyl halides is 2. The van der Waals surface area contributed by atoms with E-state index in [0.717, 1.165) is 17.3 Å². The molecule has 0 fully saturated rings. The topological polar surface area (TPSA) is 55.4 Å². The SMILES string of the molecule is COc1cc([C@H](C)Nc2ccccc2)ccc1S(=O)(=O)C(F)F. The molecule has 0 saturated carbocycles. The van der Waals surface area contributed by atoms with Crippen LogP contribution in [-0.4, -0.2) is 21.3 Å². The molecule has 2 aromatic rings. The van der Waals surface area contributed by atoms with Crippen molar-refractivity contribution in [2.75, 3.05) is 12.4 Å². The Morgan fingerprint density at radius 3 is 2.30 bits per heavy atom. The third kappa shape index (κ3) is 3.79. The minimum absolute atomic E-state index is 0.0930. The van der Waals surface area contributed by atoms with Crippen molar-refractivity contribution in [3.05, 3.63) is 54.1 Å². The second-order valence-electron chi connectivity index (χ2n) is 4.95. The molecular weight excluding hydrogens is 324 g/mol. The Morgan fingerprint density at radius 1 is 1.09 bits per heavy atom. The highest BCUT2D eigenvalue weighted by Crippen LogP contribution is 2.31. The van der Waals surface area contributed by atoms with Crippen LogP contribution in [0.5, 0.6) is 5.75 Å². The molecule has 0 unspecified atom stereocenters. The van der Waals surface area contributed by atoms with E-state index < -0.39 is 20.5 Å². The van der Waals surface area contributed by atoms with Gasteiger partial charge in [-0.05, 0) is 36.8 Å². The summed E-state index contributed by atoms with van der Waals surface area (Å²) in [6.07, 6.45) is 0. The van der Waals surface area contributed by atoms with Gasteiger partial charge in [0, 0.05) is 11.7 Å². The molecule has 1 atom stereocenters. The molecule has 0 radical (unpaired) electrons. The van der Waals surface area contributed by atoms with Crippen molar-refractivity contribution in [3.63, 3.8) is 0 Å². The predicted octanol–water partition coefficient (Wildman–Crippen LogP) is 3.86. The zero-order valence-corrected chi connectivity index (χ0v) is 13.5. The second-order valence-corrected chi connectivity index (χ2v) is 6.83. The average molecular weight is 341 g/mol. The Hall–Kier alpha value is -2.15. The number of nitrogens with one attached hydrogen (secondary N) is 1. The minimum atomic E-state index is -4.70. The van der Waals surface area contributed by atoms with Crippen LogP contribution in [0, 0.1) is 0 Å². The van der Waals surface area contributed by atoms with Crippen molar-refractivity contribution in [2.45, 2.75) is 23.6 Å². The fourth-order valence-corrected chi connectivity index (χ4v) is 3.02. The van der Waals surface area contributed by atoms with Gasteiger partial charge in [-0.2, -0.15) is 8.78 Å². The van der Waals surface area contributed by atoms with Gasteiger partial charge in [0.1, 0.15) is 10.6 Å². The van der Waals surface area contributed by atoms with Gasteiger partial charge in [0.15, 0.2) is 0 Å². The van der Waals surface area contributed by atoms with Crippen molar-refractivity contribution in [1.29, 1.82) is 0 Å². The lowest BCUT2D eigenvalue weighted by molar-refractivity contribution is 0.234. The summed E-state index contributed by atoms with van der Waals surface area (Å²) in [6.45, 7) is 1.88. The Morgan fingerprint density at radius 2 is 1.74 bits per heavy atom. The van der Waals surface area contributed by atoms with Crippen LogP contribution < -0.4 is 10.1 Å². The Bertz CT molecular complexity index is 764. The predicted molar refractivity (Wildman–Crippen MR) is 84.7 cm³/mol. The number of methoxy groups -OCH3 is 1. The van der Waals surface area contributed by atoms with E-state index >= 15 is 0 Å². The highest BCUT2D eigenvalue weighted by Gasteiger charge is 2.30. The molecule has 23 heavy (non-hydrogen) atoms. The van der Waals surface area contributed by atoms with Gasteiger partial charge in [-0.3, -0.25) is 0 Å². The summed E-state index contributed by atoms with van der Waals surface area (Å²) in [5.41, 5.74) is 1.61. The summed E-state index contributed by atoms with van der Waals surface area (Å²) < 4.78 is 53.7. The zero-order valence-electron chi connectivity index (χ0n) is 12.7. The van der Waals surface area contributed by atoms with E-state index in [2.05, 4.69) is 5.32 Å². The number of para-hydroxylation sites is 1. The zero-order chi connectivity index (χ0) is 17.0. The molecule has 0 aliphatic carbocycles. The van der Waals surface area contributed by atoms with Gasteiger partial charge in [-0.1, -0.05) is 24.3 Å². The molecule has 0 bridgehead atoms. The van der Waals surface area contributed by atoms with Gasteiger partial charge in [0.25, 0.3) is 0 Å². The van der Waals surface area contributed by atoms with Gasteiger partial charge >= 0.3 is 5.76 Å². The maximum absolute atomic E-state index is 12.7. The molecule has 1 N–H and O–H groups in total. The van der Waals surface area contributed by atoms with E-state index in [9.17, 15) is 17.2 Å². The normalized spacial score (nSPS) is 12.9. The molecule has 0 aromatic heterocycles. The number of anilines is 1. The highest BCUT2D eigenvalue weighted by atomic mass is 32.2. The van der Waals surface area contributed by atoms with Crippen molar-refractivity contribution < 1.29 is 21.9 Å². The van der Waals surface area contributed by atoms with E-state index in [4.69, 9.17) is 4.74 Å². The van der Waals surface area contributed by atoms with Gasteiger partial charge in [-0.25, -0.2) is 8.42 Å². The third-order valence-corrected chi connectivity index (χ3v) is 4.81. The number of benzene rings is 2. The molecule has 2 aromatic carbocycles. The molecule has 0 heterocycles. The molecule has 4 nitrogen and oxygen atoms in total. The van der Waals surface area contributed by atoms with Crippen LogP contribution in [0.1, 0.15) is 18.5 Å².